The van der Waals surface area contributed by atoms with E-state index in [2.05, 4.69) is 25.3 Å². The zero-order valence-electron chi connectivity index (χ0n) is 17.3. The Morgan fingerprint density at radius 1 is 1.30 bits per heavy atom. The number of hydrogen-bond donors (Lipinski definition) is 2. The third-order valence-electron chi connectivity index (χ3n) is 5.72. The number of alkyl halides is 1. The number of amides is 1. The lowest BCUT2D eigenvalue weighted by Crippen LogP contribution is -2.43. The van der Waals surface area contributed by atoms with Crippen LogP contribution < -0.4 is 15.8 Å². The molecule has 4 rings (SSSR count). The zero-order chi connectivity index (χ0) is 21.5. The molecule has 4 heterocycles. The maximum Gasteiger partial charge on any atom is 0.269 e. The summed E-state index contributed by atoms with van der Waals surface area (Å²) in [6.45, 7) is 4.69. The molecule has 1 aliphatic rings. The number of fused-ring (bicyclic) bond motifs is 1. The number of pyridine rings is 1. The van der Waals surface area contributed by atoms with E-state index in [4.69, 9.17) is 0 Å². The van der Waals surface area contributed by atoms with Gasteiger partial charge in [0.05, 0.1) is 17.1 Å². The molecule has 0 saturated carbocycles. The molecule has 1 fully saturated rings. The van der Waals surface area contributed by atoms with Gasteiger partial charge >= 0.3 is 0 Å². The molecule has 0 aliphatic carbocycles. The normalized spacial score (nSPS) is 16.1. The number of aryl methyl sites for hydroxylation is 2. The van der Waals surface area contributed by atoms with Crippen molar-refractivity contribution in [1.29, 1.82) is 0 Å². The van der Waals surface area contributed by atoms with Crippen LogP contribution in [0.3, 0.4) is 0 Å². The number of aromatic amines is 1. The highest BCUT2D eigenvalue weighted by atomic mass is 19.1. The number of H-pyrrole nitrogens is 1. The molecular weight excluding hydrogens is 387 g/mol. The van der Waals surface area contributed by atoms with E-state index in [-0.39, 0.29) is 17.9 Å². The highest BCUT2D eigenvalue weighted by Gasteiger charge is 2.36. The van der Waals surface area contributed by atoms with Crippen molar-refractivity contribution in [1.82, 2.24) is 24.9 Å². The Labute approximate surface area is 173 Å². The molecule has 1 aliphatic heterocycles. The van der Waals surface area contributed by atoms with Crippen molar-refractivity contribution >= 4 is 17.2 Å². The molecular formula is C21H25FN6O2. The number of nitrogens with zero attached hydrogens (tertiary/aromatic N) is 4. The Morgan fingerprint density at radius 3 is 2.70 bits per heavy atom. The van der Waals surface area contributed by atoms with Crippen molar-refractivity contribution in [3.8, 4) is 0 Å². The quantitative estimate of drug-likeness (QED) is 0.683. The molecule has 0 radical (unpaired) electrons. The number of aromatic nitrogens is 4. The minimum Gasteiger partial charge on any atom is -0.370 e. The van der Waals surface area contributed by atoms with Crippen LogP contribution in [0.2, 0.25) is 0 Å². The molecule has 3 aromatic heterocycles. The number of hydrogen-bond acceptors (Lipinski definition) is 5. The zero-order valence-corrected chi connectivity index (χ0v) is 17.3. The summed E-state index contributed by atoms with van der Waals surface area (Å²) in [6.07, 6.45) is 2.60. The van der Waals surface area contributed by atoms with Crippen LogP contribution in [-0.4, -0.2) is 51.3 Å². The standard InChI is InChI=1S/C21H25FN6O2/c1-13-12-28-18(25-19(13)29)10-15(26-28)11-21(22)6-8-27(9-7-21)17-5-4-16(20(30)23-3)24-14(17)2/h4-5,10,12H,6-9,11H2,1-3H3,(H,23,30)(H,25,29). The molecule has 0 atom stereocenters. The van der Waals surface area contributed by atoms with Gasteiger partial charge in [-0.15, -0.1) is 0 Å². The van der Waals surface area contributed by atoms with Crippen LogP contribution in [0.25, 0.3) is 5.65 Å². The molecule has 1 amide bonds. The van der Waals surface area contributed by atoms with Gasteiger partial charge in [-0.1, -0.05) is 0 Å². The first kappa shape index (κ1) is 20.1. The minimum atomic E-state index is -1.35. The number of halogens is 1. The summed E-state index contributed by atoms with van der Waals surface area (Å²) in [5.41, 5.74) is 2.28. The van der Waals surface area contributed by atoms with Crippen LogP contribution in [0.4, 0.5) is 10.1 Å². The summed E-state index contributed by atoms with van der Waals surface area (Å²) >= 11 is 0. The third kappa shape index (κ3) is 3.79. The minimum absolute atomic E-state index is 0.163. The Kier molecular flexibility index (Phi) is 5.05. The highest BCUT2D eigenvalue weighted by molar-refractivity contribution is 5.92. The second-order valence-corrected chi connectivity index (χ2v) is 7.93. The number of anilines is 1. The Morgan fingerprint density at radius 2 is 2.03 bits per heavy atom. The summed E-state index contributed by atoms with van der Waals surface area (Å²) in [5.74, 6) is -0.227. The van der Waals surface area contributed by atoms with Crippen molar-refractivity contribution in [3.05, 3.63) is 57.4 Å². The van der Waals surface area contributed by atoms with Gasteiger partial charge in [-0.3, -0.25) is 9.59 Å². The maximum atomic E-state index is 15.5. The number of carbonyl (C=O) groups is 1. The molecule has 30 heavy (non-hydrogen) atoms. The summed E-state index contributed by atoms with van der Waals surface area (Å²) in [7, 11) is 1.57. The van der Waals surface area contributed by atoms with E-state index in [0.29, 0.717) is 48.5 Å². The van der Waals surface area contributed by atoms with Crippen molar-refractivity contribution in [3.63, 3.8) is 0 Å². The van der Waals surface area contributed by atoms with E-state index in [9.17, 15) is 9.59 Å². The second-order valence-electron chi connectivity index (χ2n) is 7.93. The van der Waals surface area contributed by atoms with E-state index in [1.54, 1.807) is 36.8 Å². The fourth-order valence-electron chi connectivity index (χ4n) is 3.97. The Bertz CT molecular complexity index is 1160. The van der Waals surface area contributed by atoms with E-state index < -0.39 is 5.67 Å². The molecule has 1 saturated heterocycles. The maximum absolute atomic E-state index is 15.5. The Hall–Kier alpha value is -3.23. The summed E-state index contributed by atoms with van der Waals surface area (Å²) in [5, 5.41) is 6.99. The predicted octanol–water partition coefficient (Wildman–Crippen LogP) is 1.95. The van der Waals surface area contributed by atoms with Crippen molar-refractivity contribution in [2.45, 2.75) is 38.8 Å². The molecule has 0 aromatic carbocycles. The smallest absolute Gasteiger partial charge is 0.269 e. The average Bonchev–Trinajstić information content (AvgIpc) is 3.08. The van der Waals surface area contributed by atoms with Gasteiger partial charge in [0.2, 0.25) is 0 Å². The van der Waals surface area contributed by atoms with E-state index in [0.717, 1.165) is 11.4 Å². The van der Waals surface area contributed by atoms with E-state index >= 15 is 4.39 Å². The van der Waals surface area contributed by atoms with Gasteiger partial charge in [0.15, 0.2) is 0 Å². The highest BCUT2D eigenvalue weighted by Crippen LogP contribution is 2.33. The fourth-order valence-corrected chi connectivity index (χ4v) is 3.97. The van der Waals surface area contributed by atoms with E-state index in [1.165, 1.54) is 0 Å². The topological polar surface area (TPSA) is 95.4 Å². The number of rotatable bonds is 4. The average molecular weight is 412 g/mol. The molecule has 8 nitrogen and oxygen atoms in total. The molecule has 3 aromatic rings. The molecule has 0 spiro atoms. The van der Waals surface area contributed by atoms with Crippen LogP contribution in [0.1, 0.15) is 40.3 Å². The molecule has 0 bridgehead atoms. The van der Waals surface area contributed by atoms with Gasteiger partial charge in [-0.05, 0) is 38.8 Å². The second kappa shape index (κ2) is 7.55. The van der Waals surface area contributed by atoms with Crippen LogP contribution in [-0.2, 0) is 6.42 Å². The number of carbonyl (C=O) groups excluding carboxylic acids is 1. The predicted molar refractivity (Wildman–Crippen MR) is 112 cm³/mol. The lowest BCUT2D eigenvalue weighted by atomic mass is 9.88. The first-order valence-electron chi connectivity index (χ1n) is 10.00. The van der Waals surface area contributed by atoms with E-state index in [1.807, 2.05) is 13.0 Å². The van der Waals surface area contributed by atoms with Crippen molar-refractivity contribution in [2.75, 3.05) is 25.0 Å². The van der Waals surface area contributed by atoms with Crippen LogP contribution >= 0.6 is 0 Å². The SMILES string of the molecule is CNC(=O)c1ccc(N2CCC(F)(Cc3cc4[nH]c(=O)c(C)cn4n3)CC2)c(C)n1. The van der Waals surface area contributed by atoms with Gasteiger partial charge in [-0.2, -0.15) is 5.10 Å². The largest absolute Gasteiger partial charge is 0.370 e. The lowest BCUT2D eigenvalue weighted by Gasteiger charge is -2.37. The third-order valence-corrected chi connectivity index (χ3v) is 5.72. The van der Waals surface area contributed by atoms with Gasteiger partial charge in [0.25, 0.3) is 11.5 Å². The fraction of sp³-hybridized carbons (Fsp3) is 0.429. The van der Waals surface area contributed by atoms with Crippen LogP contribution in [0.5, 0.6) is 0 Å². The van der Waals surface area contributed by atoms with Crippen LogP contribution in [0.15, 0.2) is 29.2 Å². The molecule has 0 unspecified atom stereocenters. The monoisotopic (exact) mass is 412 g/mol. The summed E-state index contributed by atoms with van der Waals surface area (Å²) < 4.78 is 17.1. The van der Waals surface area contributed by atoms with Crippen molar-refractivity contribution < 1.29 is 9.18 Å². The van der Waals surface area contributed by atoms with Crippen molar-refractivity contribution in [2.24, 2.45) is 0 Å². The first-order chi connectivity index (χ1) is 14.3. The first-order valence-corrected chi connectivity index (χ1v) is 10.00. The van der Waals surface area contributed by atoms with Gasteiger partial charge in [-0.25, -0.2) is 13.9 Å². The van der Waals surface area contributed by atoms with Gasteiger partial charge in [0, 0.05) is 44.4 Å². The summed E-state index contributed by atoms with van der Waals surface area (Å²) in [6, 6.07) is 5.30. The Balaban J connectivity index is 1.46. The molecule has 2 N–H and O–H groups in total. The lowest BCUT2D eigenvalue weighted by molar-refractivity contribution is 0.0958. The molecule has 9 heteroatoms. The van der Waals surface area contributed by atoms with Crippen LogP contribution in [0, 0.1) is 13.8 Å². The number of piperidine rings is 1. The number of nitrogens with one attached hydrogen (secondary N) is 2. The summed E-state index contributed by atoms with van der Waals surface area (Å²) in [4.78, 5) is 32.8. The van der Waals surface area contributed by atoms with Gasteiger partial charge < -0.3 is 15.2 Å². The van der Waals surface area contributed by atoms with Gasteiger partial charge in [0.1, 0.15) is 17.0 Å². The molecule has 158 valence electrons.